The molecule has 0 spiro atoms. The van der Waals surface area contributed by atoms with Gasteiger partial charge in [-0.05, 0) is 57.8 Å². The molecule has 0 heterocycles. The summed E-state index contributed by atoms with van der Waals surface area (Å²) in [4.78, 5) is 37.9. The Bertz CT molecular complexity index is 1340. The highest BCUT2D eigenvalue weighted by molar-refractivity contribution is 5.71. The van der Waals surface area contributed by atoms with E-state index in [-0.39, 0.29) is 37.5 Å². The highest BCUT2D eigenvalue weighted by atomic mass is 16.6. The van der Waals surface area contributed by atoms with Crippen LogP contribution >= 0.6 is 0 Å². The number of hydrogen-bond acceptors (Lipinski definition) is 6. The standard InChI is InChI=1S/C55H86O6/c1-4-7-10-13-16-19-22-25-26-27-28-31-33-36-39-42-45-48-54(57)60-51-52(61-55(58)49-46-43-40-37-34-30-24-21-18-15-12-9-6-3)50-59-53(56)47-44-41-38-35-32-29-23-20-17-14-11-8-5-2/h7,9-10,12-13,15-16,18-19,21-22,24-28,30-31,33-34,52H,4-6,8,11,14,17,20,23,29,32,35-51H2,1-3H3/b10-7+,12-9+,16-13+,18-15+,22-19+,24-21+,26-25+,28-27+,33-31+,34-30+. The van der Waals surface area contributed by atoms with Gasteiger partial charge in [-0.3, -0.25) is 14.4 Å². The molecule has 6 nitrogen and oxygen atoms in total. The van der Waals surface area contributed by atoms with Gasteiger partial charge in [-0.25, -0.2) is 0 Å². The molecule has 0 aliphatic carbocycles. The molecule has 0 N–H and O–H groups in total. The Morgan fingerprint density at radius 3 is 1.00 bits per heavy atom. The molecule has 0 aromatic rings. The van der Waals surface area contributed by atoms with E-state index in [1.165, 1.54) is 64.2 Å². The lowest BCUT2D eigenvalue weighted by molar-refractivity contribution is -0.167. The third-order valence-corrected chi connectivity index (χ3v) is 9.72. The highest BCUT2D eigenvalue weighted by Crippen LogP contribution is 2.14. The van der Waals surface area contributed by atoms with Gasteiger partial charge in [-0.2, -0.15) is 0 Å². The second-order valence-electron chi connectivity index (χ2n) is 15.5. The summed E-state index contributed by atoms with van der Waals surface area (Å²) in [7, 11) is 0. The van der Waals surface area contributed by atoms with Crippen LogP contribution in [-0.2, 0) is 28.6 Å². The molecule has 0 aromatic carbocycles. The normalized spacial score (nSPS) is 13.2. The van der Waals surface area contributed by atoms with Gasteiger partial charge < -0.3 is 14.2 Å². The Labute approximate surface area is 373 Å². The van der Waals surface area contributed by atoms with Crippen molar-refractivity contribution in [3.05, 3.63) is 122 Å². The number of rotatable bonds is 41. The Morgan fingerprint density at radius 1 is 0.344 bits per heavy atom. The number of hydrogen-bond donors (Lipinski definition) is 0. The molecule has 0 saturated carbocycles. The minimum atomic E-state index is -0.817. The van der Waals surface area contributed by atoms with Crippen molar-refractivity contribution in [3.8, 4) is 0 Å². The van der Waals surface area contributed by atoms with Crippen molar-refractivity contribution < 1.29 is 28.6 Å². The molecule has 1 atom stereocenters. The molecule has 0 aliphatic heterocycles. The van der Waals surface area contributed by atoms with Crippen LogP contribution in [0, 0.1) is 0 Å². The average Bonchev–Trinajstić information content (AvgIpc) is 3.26. The molecule has 6 heteroatoms. The van der Waals surface area contributed by atoms with Crippen LogP contribution in [0.4, 0.5) is 0 Å². The van der Waals surface area contributed by atoms with E-state index in [1.54, 1.807) is 0 Å². The lowest BCUT2D eigenvalue weighted by atomic mass is 10.0. The van der Waals surface area contributed by atoms with Crippen LogP contribution in [0.3, 0.4) is 0 Å². The molecular formula is C55H86O6. The van der Waals surface area contributed by atoms with Crippen molar-refractivity contribution in [2.45, 2.75) is 194 Å². The molecule has 0 aromatic heterocycles. The summed E-state index contributed by atoms with van der Waals surface area (Å²) in [5, 5.41) is 0. The molecule has 0 fully saturated rings. The first-order chi connectivity index (χ1) is 30.0. The summed E-state index contributed by atoms with van der Waals surface area (Å²) >= 11 is 0. The van der Waals surface area contributed by atoms with Crippen LogP contribution in [0.15, 0.2) is 122 Å². The Morgan fingerprint density at radius 2 is 0.639 bits per heavy atom. The fourth-order valence-corrected chi connectivity index (χ4v) is 6.13. The molecule has 0 aliphatic rings. The van der Waals surface area contributed by atoms with Gasteiger partial charge >= 0.3 is 17.9 Å². The van der Waals surface area contributed by atoms with Crippen molar-refractivity contribution in [1.82, 2.24) is 0 Å². The van der Waals surface area contributed by atoms with Gasteiger partial charge in [0, 0.05) is 19.3 Å². The number of unbranched alkanes of at least 4 members (excludes halogenated alkanes) is 18. The zero-order valence-corrected chi connectivity index (χ0v) is 38.9. The first-order valence-corrected chi connectivity index (χ1v) is 24.2. The van der Waals surface area contributed by atoms with Crippen LogP contribution < -0.4 is 0 Å². The fourth-order valence-electron chi connectivity index (χ4n) is 6.13. The molecule has 0 amide bonds. The van der Waals surface area contributed by atoms with E-state index in [9.17, 15) is 14.4 Å². The minimum Gasteiger partial charge on any atom is -0.462 e. The maximum Gasteiger partial charge on any atom is 0.306 e. The SMILES string of the molecule is CC/C=C/C=C/C=C/C=C/C=C/C=C/CCCCCC(=O)OCC(COC(=O)CCCCCCCCCCCCCCC)OC(=O)CCCCC/C=C/C=C/C=C/C=C/CC. The maximum absolute atomic E-state index is 12.7. The number of allylic oxidation sites excluding steroid dienone is 20. The average molecular weight is 843 g/mol. The second kappa shape index (κ2) is 48.5. The third-order valence-electron chi connectivity index (χ3n) is 9.72. The summed E-state index contributed by atoms with van der Waals surface area (Å²) < 4.78 is 16.7. The van der Waals surface area contributed by atoms with Crippen LogP contribution in [0.2, 0.25) is 0 Å². The lowest BCUT2D eigenvalue weighted by Gasteiger charge is -2.18. The number of carbonyl (C=O) groups excluding carboxylic acids is 3. The van der Waals surface area contributed by atoms with Crippen LogP contribution in [0.1, 0.15) is 188 Å². The fraction of sp³-hybridized carbons (Fsp3) is 0.582. The topological polar surface area (TPSA) is 78.9 Å². The summed E-state index contributed by atoms with van der Waals surface area (Å²) in [5.74, 6) is -1.01. The number of carbonyl (C=O) groups is 3. The Hall–Kier alpha value is -4.19. The van der Waals surface area contributed by atoms with Crippen LogP contribution in [0.5, 0.6) is 0 Å². The summed E-state index contributed by atoms with van der Waals surface area (Å²) in [6.07, 6.45) is 66.0. The van der Waals surface area contributed by atoms with Crippen LogP contribution in [-0.4, -0.2) is 37.2 Å². The number of esters is 3. The van der Waals surface area contributed by atoms with Crippen molar-refractivity contribution >= 4 is 17.9 Å². The second-order valence-corrected chi connectivity index (χ2v) is 15.5. The molecule has 61 heavy (non-hydrogen) atoms. The first-order valence-electron chi connectivity index (χ1n) is 24.2. The van der Waals surface area contributed by atoms with Gasteiger partial charge in [0.05, 0.1) is 0 Å². The van der Waals surface area contributed by atoms with E-state index in [4.69, 9.17) is 14.2 Å². The van der Waals surface area contributed by atoms with Crippen molar-refractivity contribution in [2.24, 2.45) is 0 Å². The van der Waals surface area contributed by atoms with Crippen molar-refractivity contribution in [1.29, 1.82) is 0 Å². The van der Waals surface area contributed by atoms with Gasteiger partial charge in [0.1, 0.15) is 13.2 Å². The molecule has 1 unspecified atom stereocenters. The Balaban J connectivity index is 4.56. The van der Waals surface area contributed by atoms with Gasteiger partial charge in [-0.15, -0.1) is 0 Å². The maximum atomic E-state index is 12.7. The zero-order valence-electron chi connectivity index (χ0n) is 38.9. The molecule has 0 bridgehead atoms. The van der Waals surface area contributed by atoms with E-state index < -0.39 is 6.10 Å². The summed E-state index contributed by atoms with van der Waals surface area (Å²) in [5.41, 5.74) is 0. The van der Waals surface area contributed by atoms with Gasteiger partial charge in [0.15, 0.2) is 6.10 Å². The summed E-state index contributed by atoms with van der Waals surface area (Å²) in [6, 6.07) is 0. The van der Waals surface area contributed by atoms with Crippen molar-refractivity contribution in [3.63, 3.8) is 0 Å². The number of ether oxygens (including phenoxy) is 3. The summed E-state index contributed by atoms with van der Waals surface area (Å²) in [6.45, 7) is 6.25. The third kappa shape index (κ3) is 46.7. The monoisotopic (exact) mass is 843 g/mol. The molecule has 0 saturated heterocycles. The molecule has 342 valence electrons. The molecular weight excluding hydrogens is 757 g/mol. The van der Waals surface area contributed by atoms with Crippen LogP contribution in [0.25, 0.3) is 0 Å². The quantitative estimate of drug-likeness (QED) is 0.0264. The largest absolute Gasteiger partial charge is 0.462 e. The van der Waals surface area contributed by atoms with Crippen molar-refractivity contribution in [2.75, 3.05) is 13.2 Å². The van der Waals surface area contributed by atoms with E-state index in [0.717, 1.165) is 77.0 Å². The molecule has 0 radical (unpaired) electrons. The zero-order chi connectivity index (χ0) is 44.4. The van der Waals surface area contributed by atoms with Gasteiger partial charge in [-0.1, -0.05) is 232 Å². The van der Waals surface area contributed by atoms with Gasteiger partial charge in [0.25, 0.3) is 0 Å². The predicted octanol–water partition coefficient (Wildman–Crippen LogP) is 15.7. The predicted molar refractivity (Wildman–Crippen MR) is 260 cm³/mol. The van der Waals surface area contributed by atoms with Gasteiger partial charge in [0.2, 0.25) is 0 Å². The van der Waals surface area contributed by atoms with E-state index in [0.29, 0.717) is 19.3 Å². The lowest BCUT2D eigenvalue weighted by Crippen LogP contribution is -2.30. The first kappa shape index (κ1) is 56.8. The highest BCUT2D eigenvalue weighted by Gasteiger charge is 2.19. The minimum absolute atomic E-state index is 0.111. The van der Waals surface area contributed by atoms with E-state index >= 15 is 0 Å². The van der Waals surface area contributed by atoms with E-state index in [1.807, 2.05) is 97.2 Å². The smallest absolute Gasteiger partial charge is 0.306 e. The molecule has 0 rings (SSSR count). The van der Waals surface area contributed by atoms with E-state index in [2.05, 4.69) is 45.1 Å². The Kier molecular flexibility index (Phi) is 45.1.